The number of alkyl halides is 1. The van der Waals surface area contributed by atoms with Crippen molar-refractivity contribution in [1.82, 2.24) is 0 Å². The van der Waals surface area contributed by atoms with Crippen molar-refractivity contribution in [2.24, 2.45) is 5.92 Å². The second-order valence-electron chi connectivity index (χ2n) is 4.79. The zero-order valence-electron chi connectivity index (χ0n) is 10.8. The highest BCUT2D eigenvalue weighted by Gasteiger charge is 2.12. The third-order valence-electron chi connectivity index (χ3n) is 3.18. The minimum atomic E-state index is -0.151. The highest BCUT2D eigenvalue weighted by atomic mass is 79.9. The quantitative estimate of drug-likeness (QED) is 0.518. The Bertz CT molecular complexity index is 569. The van der Waals surface area contributed by atoms with Gasteiger partial charge in [0.05, 0.1) is 0 Å². The van der Waals surface area contributed by atoms with Crippen LogP contribution in [0, 0.1) is 11.7 Å². The Morgan fingerprint density at radius 3 is 2.35 bits per heavy atom. The first-order chi connectivity index (χ1) is 9.58. The van der Waals surface area contributed by atoms with E-state index in [9.17, 15) is 4.39 Å². The molecule has 0 saturated carbocycles. The number of halogens is 4. The van der Waals surface area contributed by atoms with Gasteiger partial charge in [-0.3, -0.25) is 0 Å². The van der Waals surface area contributed by atoms with Gasteiger partial charge in [0.15, 0.2) is 0 Å². The van der Waals surface area contributed by atoms with Crippen LogP contribution >= 0.6 is 43.5 Å². The van der Waals surface area contributed by atoms with Crippen molar-refractivity contribution >= 4 is 43.5 Å². The van der Waals surface area contributed by atoms with E-state index in [-0.39, 0.29) is 5.82 Å². The minimum Gasteiger partial charge on any atom is -0.207 e. The number of hydrogen-bond acceptors (Lipinski definition) is 0. The molecule has 0 aromatic heterocycles. The molecule has 20 heavy (non-hydrogen) atoms. The van der Waals surface area contributed by atoms with Crippen molar-refractivity contribution < 1.29 is 4.39 Å². The molecule has 0 aliphatic heterocycles. The fourth-order valence-electron chi connectivity index (χ4n) is 2.13. The van der Waals surface area contributed by atoms with E-state index in [0.717, 1.165) is 26.8 Å². The summed E-state index contributed by atoms with van der Waals surface area (Å²) in [6.45, 7) is 0. The van der Waals surface area contributed by atoms with E-state index in [1.54, 1.807) is 0 Å². The number of hydrogen-bond donors (Lipinski definition) is 0. The van der Waals surface area contributed by atoms with Gasteiger partial charge in [-0.2, -0.15) is 0 Å². The molecule has 2 aromatic rings. The molecule has 0 heterocycles. The molecular weight excluding hydrogens is 406 g/mol. The lowest BCUT2D eigenvalue weighted by Crippen LogP contribution is -2.11. The van der Waals surface area contributed by atoms with E-state index < -0.39 is 0 Å². The molecule has 0 N–H and O–H groups in total. The molecule has 0 nitrogen and oxygen atoms in total. The molecule has 4 heteroatoms. The van der Waals surface area contributed by atoms with Crippen LogP contribution in [0.3, 0.4) is 0 Å². The summed E-state index contributed by atoms with van der Waals surface area (Å²) in [7, 11) is 0. The van der Waals surface area contributed by atoms with Gasteiger partial charge >= 0.3 is 0 Å². The van der Waals surface area contributed by atoms with Crippen LogP contribution in [0.15, 0.2) is 46.9 Å². The van der Waals surface area contributed by atoms with Gasteiger partial charge in [-0.1, -0.05) is 61.7 Å². The highest BCUT2D eigenvalue weighted by molar-refractivity contribution is 9.10. The van der Waals surface area contributed by atoms with Gasteiger partial charge < -0.3 is 0 Å². The van der Waals surface area contributed by atoms with Crippen molar-refractivity contribution in [3.63, 3.8) is 0 Å². The molecule has 1 unspecified atom stereocenters. The van der Waals surface area contributed by atoms with Crippen LogP contribution in [0.25, 0.3) is 0 Å². The molecule has 0 spiro atoms. The van der Waals surface area contributed by atoms with Gasteiger partial charge in [-0.05, 0) is 54.2 Å². The second-order valence-corrected chi connectivity index (χ2v) is 6.79. The molecule has 2 rings (SSSR count). The van der Waals surface area contributed by atoms with E-state index in [1.807, 2.05) is 36.4 Å². The summed E-state index contributed by atoms with van der Waals surface area (Å²) in [5, 5.41) is 1.58. The van der Waals surface area contributed by atoms with Crippen LogP contribution in [0.2, 0.25) is 5.02 Å². The summed E-state index contributed by atoms with van der Waals surface area (Å²) < 4.78 is 14.6. The molecule has 0 aliphatic carbocycles. The zero-order valence-corrected chi connectivity index (χ0v) is 14.7. The van der Waals surface area contributed by atoms with E-state index in [1.165, 1.54) is 11.6 Å². The molecule has 0 saturated heterocycles. The van der Waals surface area contributed by atoms with Gasteiger partial charge in [0.25, 0.3) is 0 Å². The fourth-order valence-corrected chi connectivity index (χ4v) is 3.05. The summed E-state index contributed by atoms with van der Waals surface area (Å²) >= 11 is 12.7. The summed E-state index contributed by atoms with van der Waals surface area (Å²) in [4.78, 5) is 0. The lowest BCUT2D eigenvalue weighted by atomic mass is 9.94. The minimum absolute atomic E-state index is 0.151. The third kappa shape index (κ3) is 4.57. The van der Waals surface area contributed by atoms with Crippen molar-refractivity contribution in [2.75, 3.05) is 5.33 Å². The van der Waals surface area contributed by atoms with Crippen LogP contribution < -0.4 is 0 Å². The van der Waals surface area contributed by atoms with E-state index in [4.69, 9.17) is 11.6 Å². The first-order valence-electron chi connectivity index (χ1n) is 6.33. The normalized spacial score (nSPS) is 12.4. The topological polar surface area (TPSA) is 0 Å². The maximum atomic E-state index is 13.9. The molecule has 106 valence electrons. The van der Waals surface area contributed by atoms with Crippen molar-refractivity contribution in [3.05, 3.63) is 68.9 Å². The second kappa shape index (κ2) is 7.58. The molecule has 0 amide bonds. The van der Waals surface area contributed by atoms with E-state index >= 15 is 0 Å². The Kier molecular flexibility index (Phi) is 6.06. The monoisotopic (exact) mass is 418 g/mol. The Labute approximate surface area is 140 Å². The van der Waals surface area contributed by atoms with Crippen LogP contribution in [0.5, 0.6) is 0 Å². The van der Waals surface area contributed by atoms with Gasteiger partial charge in [0, 0.05) is 14.8 Å². The average molecular weight is 421 g/mol. The van der Waals surface area contributed by atoms with Crippen molar-refractivity contribution in [3.8, 4) is 0 Å². The van der Waals surface area contributed by atoms with Crippen LogP contribution in [-0.2, 0) is 12.8 Å². The molecule has 0 fully saturated rings. The Balaban J connectivity index is 2.07. The van der Waals surface area contributed by atoms with Crippen LogP contribution in [0.1, 0.15) is 11.1 Å². The van der Waals surface area contributed by atoms with Crippen molar-refractivity contribution in [2.45, 2.75) is 12.8 Å². The summed E-state index contributed by atoms with van der Waals surface area (Å²) in [5.74, 6) is 0.202. The molecular formula is C16H14Br2ClF. The molecule has 2 aromatic carbocycles. The summed E-state index contributed by atoms with van der Waals surface area (Å²) in [5.41, 5.74) is 1.97. The standard InChI is InChI=1S/C16H14Br2ClF/c17-10-12(7-11-1-5-15(19)6-2-11)8-13-3-4-14(18)9-16(13)20/h1-6,9,12H,7-8,10H2. The molecule has 0 aliphatic rings. The SMILES string of the molecule is Fc1cc(Br)ccc1CC(CBr)Cc1ccc(Cl)cc1. The third-order valence-corrected chi connectivity index (χ3v) is 4.84. The smallest absolute Gasteiger partial charge is 0.127 e. The zero-order chi connectivity index (χ0) is 14.5. The van der Waals surface area contributed by atoms with Crippen molar-refractivity contribution in [1.29, 1.82) is 0 Å². The summed E-state index contributed by atoms with van der Waals surface area (Å²) in [6.07, 6.45) is 1.62. The van der Waals surface area contributed by atoms with Gasteiger partial charge in [0.1, 0.15) is 5.82 Å². The van der Waals surface area contributed by atoms with E-state index in [0.29, 0.717) is 12.3 Å². The van der Waals surface area contributed by atoms with Gasteiger partial charge in [0.2, 0.25) is 0 Å². The first kappa shape index (κ1) is 16.0. The Hall–Kier alpha value is -0.380. The van der Waals surface area contributed by atoms with Gasteiger partial charge in [-0.15, -0.1) is 0 Å². The van der Waals surface area contributed by atoms with Gasteiger partial charge in [-0.25, -0.2) is 4.39 Å². The molecule has 0 radical (unpaired) electrons. The Morgan fingerprint density at radius 1 is 1.05 bits per heavy atom. The Morgan fingerprint density at radius 2 is 1.75 bits per heavy atom. The lowest BCUT2D eigenvalue weighted by Gasteiger charge is -2.15. The predicted molar refractivity (Wildman–Crippen MR) is 90.2 cm³/mol. The largest absolute Gasteiger partial charge is 0.207 e. The first-order valence-corrected chi connectivity index (χ1v) is 8.62. The fraction of sp³-hybridized carbons (Fsp3) is 0.250. The lowest BCUT2D eigenvalue weighted by molar-refractivity contribution is 0.550. The molecule has 0 bridgehead atoms. The average Bonchev–Trinajstić information content (AvgIpc) is 2.43. The van der Waals surface area contributed by atoms with Crippen LogP contribution in [0.4, 0.5) is 4.39 Å². The predicted octanol–water partition coefficient (Wildman–Crippen LogP) is 6.04. The van der Waals surface area contributed by atoms with E-state index in [2.05, 4.69) is 31.9 Å². The van der Waals surface area contributed by atoms with Crippen LogP contribution in [-0.4, -0.2) is 5.33 Å². The maximum absolute atomic E-state index is 13.9. The molecule has 1 atom stereocenters. The summed E-state index contributed by atoms with van der Waals surface area (Å²) in [6, 6.07) is 13.1. The number of rotatable bonds is 5. The number of benzene rings is 2. The highest BCUT2D eigenvalue weighted by Crippen LogP contribution is 2.22. The maximum Gasteiger partial charge on any atom is 0.127 e.